The monoisotopic (exact) mass is 309 g/mol. The summed E-state index contributed by atoms with van der Waals surface area (Å²) in [6.45, 7) is 8.03. The van der Waals surface area contributed by atoms with Crippen LogP contribution in [0.3, 0.4) is 0 Å². The molecule has 0 unspecified atom stereocenters. The van der Waals surface area contributed by atoms with E-state index < -0.39 is 5.97 Å². The average molecular weight is 309 g/mol. The van der Waals surface area contributed by atoms with E-state index in [1.807, 2.05) is 45.5 Å². The summed E-state index contributed by atoms with van der Waals surface area (Å²) in [5.41, 5.74) is 1.51. The summed E-state index contributed by atoms with van der Waals surface area (Å²) in [7, 11) is 1.86. The molecular weight excluding hydrogens is 290 g/mol. The summed E-state index contributed by atoms with van der Waals surface area (Å²) in [5, 5.41) is 22.2. The van der Waals surface area contributed by atoms with E-state index in [4.69, 9.17) is 5.11 Å². The van der Waals surface area contributed by atoms with Crippen molar-refractivity contribution in [2.75, 3.05) is 5.75 Å². The van der Waals surface area contributed by atoms with Gasteiger partial charge in [0.05, 0.1) is 17.0 Å². The van der Waals surface area contributed by atoms with Crippen molar-refractivity contribution in [1.82, 2.24) is 24.5 Å². The van der Waals surface area contributed by atoms with Gasteiger partial charge in [0.1, 0.15) is 0 Å². The van der Waals surface area contributed by atoms with Gasteiger partial charge < -0.3 is 5.11 Å². The first-order chi connectivity index (χ1) is 9.70. The van der Waals surface area contributed by atoms with Crippen molar-refractivity contribution in [2.45, 2.75) is 38.4 Å². The number of aromatic nitrogens is 5. The van der Waals surface area contributed by atoms with Gasteiger partial charge in [0.15, 0.2) is 11.0 Å². The minimum absolute atomic E-state index is 0.0414. The van der Waals surface area contributed by atoms with Gasteiger partial charge in [0, 0.05) is 18.8 Å². The molecule has 0 spiro atoms. The van der Waals surface area contributed by atoms with Crippen LogP contribution >= 0.6 is 11.8 Å². The van der Waals surface area contributed by atoms with Crippen LogP contribution in [0, 0.1) is 6.92 Å². The number of carboxylic acid groups (broad SMARTS) is 1. The molecule has 2 aromatic heterocycles. The van der Waals surface area contributed by atoms with E-state index in [1.165, 1.54) is 11.8 Å². The zero-order valence-corrected chi connectivity index (χ0v) is 13.6. The molecule has 0 aromatic carbocycles. The summed E-state index contributed by atoms with van der Waals surface area (Å²) < 4.78 is 3.70. The Morgan fingerprint density at radius 1 is 1.38 bits per heavy atom. The maximum Gasteiger partial charge on any atom is 0.313 e. The third-order valence-electron chi connectivity index (χ3n) is 2.88. The SMILES string of the molecule is Cc1nn(C)cc1-c1nnc(SCC(=O)O)n1C(C)(C)C. The van der Waals surface area contributed by atoms with Crippen molar-refractivity contribution in [2.24, 2.45) is 7.05 Å². The normalized spacial score (nSPS) is 11.9. The van der Waals surface area contributed by atoms with Crippen molar-refractivity contribution < 1.29 is 9.90 Å². The molecule has 0 aliphatic heterocycles. The molecule has 114 valence electrons. The van der Waals surface area contributed by atoms with Gasteiger partial charge in [0.25, 0.3) is 0 Å². The molecule has 0 fully saturated rings. The second-order valence-corrected chi connectivity index (χ2v) is 6.74. The predicted molar refractivity (Wildman–Crippen MR) is 80.3 cm³/mol. The van der Waals surface area contributed by atoms with Crippen LogP contribution in [0.5, 0.6) is 0 Å². The van der Waals surface area contributed by atoms with Crippen LogP contribution in [0.15, 0.2) is 11.4 Å². The number of carbonyl (C=O) groups is 1. The number of aryl methyl sites for hydroxylation is 2. The highest BCUT2D eigenvalue weighted by atomic mass is 32.2. The fourth-order valence-electron chi connectivity index (χ4n) is 2.09. The summed E-state index contributed by atoms with van der Waals surface area (Å²) in [4.78, 5) is 10.8. The standard InChI is InChI=1S/C13H19N5O2S/c1-8-9(6-17(5)16-8)11-14-15-12(21-7-10(19)20)18(11)13(2,3)4/h6H,7H2,1-5H3,(H,19,20). The smallest absolute Gasteiger partial charge is 0.313 e. The van der Waals surface area contributed by atoms with Gasteiger partial charge in [0.2, 0.25) is 0 Å². The molecule has 0 bridgehead atoms. The molecule has 0 amide bonds. The van der Waals surface area contributed by atoms with Crippen LogP contribution in [0.25, 0.3) is 11.4 Å². The lowest BCUT2D eigenvalue weighted by atomic mass is 10.1. The van der Waals surface area contributed by atoms with Crippen molar-refractivity contribution in [1.29, 1.82) is 0 Å². The number of hydrogen-bond donors (Lipinski definition) is 1. The molecule has 8 heteroatoms. The third kappa shape index (κ3) is 3.26. The predicted octanol–water partition coefficient (Wildman–Crippen LogP) is 1.92. The Labute approximate surface area is 127 Å². The maximum absolute atomic E-state index is 10.8. The second-order valence-electron chi connectivity index (χ2n) is 5.80. The number of rotatable bonds is 4. The molecule has 2 rings (SSSR count). The highest BCUT2D eigenvalue weighted by Crippen LogP contribution is 2.31. The fourth-order valence-corrected chi connectivity index (χ4v) is 2.93. The quantitative estimate of drug-likeness (QED) is 0.868. The Bertz CT molecular complexity index is 669. The molecule has 0 radical (unpaired) electrons. The molecule has 2 heterocycles. The van der Waals surface area contributed by atoms with Crippen molar-refractivity contribution in [3.63, 3.8) is 0 Å². The Hall–Kier alpha value is -1.83. The Morgan fingerprint density at radius 2 is 2.05 bits per heavy atom. The average Bonchev–Trinajstić information content (AvgIpc) is 2.88. The zero-order chi connectivity index (χ0) is 15.8. The van der Waals surface area contributed by atoms with E-state index in [0.29, 0.717) is 11.0 Å². The Morgan fingerprint density at radius 3 is 2.52 bits per heavy atom. The summed E-state index contributed by atoms with van der Waals surface area (Å²) in [6, 6.07) is 0. The van der Waals surface area contributed by atoms with Crippen molar-refractivity contribution in [3.8, 4) is 11.4 Å². The van der Waals surface area contributed by atoms with Gasteiger partial charge in [-0.25, -0.2) is 0 Å². The Balaban J connectivity index is 2.52. The second kappa shape index (κ2) is 5.51. The van der Waals surface area contributed by atoms with Crippen molar-refractivity contribution in [3.05, 3.63) is 11.9 Å². The van der Waals surface area contributed by atoms with Gasteiger partial charge >= 0.3 is 5.97 Å². The van der Waals surface area contributed by atoms with Crippen LogP contribution in [0.4, 0.5) is 0 Å². The molecule has 0 aliphatic carbocycles. The maximum atomic E-state index is 10.8. The largest absolute Gasteiger partial charge is 0.481 e. The van der Waals surface area contributed by atoms with Gasteiger partial charge in [-0.1, -0.05) is 11.8 Å². The lowest BCUT2D eigenvalue weighted by molar-refractivity contribution is -0.133. The van der Waals surface area contributed by atoms with Crippen LogP contribution in [-0.4, -0.2) is 41.4 Å². The molecular formula is C13H19N5O2S. The minimum atomic E-state index is -0.873. The first-order valence-electron chi connectivity index (χ1n) is 6.51. The first-order valence-corrected chi connectivity index (χ1v) is 7.50. The number of carboxylic acids is 1. The summed E-state index contributed by atoms with van der Waals surface area (Å²) in [5.74, 6) is -0.205. The minimum Gasteiger partial charge on any atom is -0.481 e. The lowest BCUT2D eigenvalue weighted by Crippen LogP contribution is -2.24. The first kappa shape index (κ1) is 15.6. The van der Waals surface area contributed by atoms with E-state index in [1.54, 1.807) is 4.68 Å². The highest BCUT2D eigenvalue weighted by Gasteiger charge is 2.26. The third-order valence-corrected chi connectivity index (χ3v) is 3.80. The fraction of sp³-hybridized carbons (Fsp3) is 0.538. The number of hydrogen-bond acceptors (Lipinski definition) is 5. The molecule has 0 saturated carbocycles. The van der Waals surface area contributed by atoms with Crippen LogP contribution in [-0.2, 0) is 17.4 Å². The van der Waals surface area contributed by atoms with E-state index >= 15 is 0 Å². The van der Waals surface area contributed by atoms with E-state index in [-0.39, 0.29) is 11.3 Å². The van der Waals surface area contributed by atoms with Crippen LogP contribution in [0.1, 0.15) is 26.5 Å². The number of thioether (sulfide) groups is 1. The Kier molecular flexibility index (Phi) is 4.08. The van der Waals surface area contributed by atoms with Crippen LogP contribution < -0.4 is 0 Å². The van der Waals surface area contributed by atoms with Crippen molar-refractivity contribution >= 4 is 17.7 Å². The van der Waals surface area contributed by atoms with Crippen LogP contribution in [0.2, 0.25) is 0 Å². The molecule has 0 aliphatic rings. The molecule has 21 heavy (non-hydrogen) atoms. The molecule has 7 nitrogen and oxygen atoms in total. The van der Waals surface area contributed by atoms with E-state index in [0.717, 1.165) is 11.3 Å². The summed E-state index contributed by atoms with van der Waals surface area (Å²) in [6.07, 6.45) is 1.90. The van der Waals surface area contributed by atoms with Gasteiger partial charge in [-0.15, -0.1) is 10.2 Å². The summed E-state index contributed by atoms with van der Waals surface area (Å²) >= 11 is 1.17. The highest BCUT2D eigenvalue weighted by molar-refractivity contribution is 7.99. The topological polar surface area (TPSA) is 85.8 Å². The molecule has 2 aromatic rings. The number of nitrogens with zero attached hydrogens (tertiary/aromatic N) is 5. The van der Waals surface area contributed by atoms with Gasteiger partial charge in [-0.05, 0) is 27.7 Å². The molecule has 1 N–H and O–H groups in total. The zero-order valence-electron chi connectivity index (χ0n) is 12.8. The molecule has 0 atom stereocenters. The van der Waals surface area contributed by atoms with Gasteiger partial charge in [-0.2, -0.15) is 5.10 Å². The van der Waals surface area contributed by atoms with E-state index in [2.05, 4.69) is 15.3 Å². The van der Waals surface area contributed by atoms with E-state index in [9.17, 15) is 4.79 Å². The number of aliphatic carboxylic acids is 1. The van der Waals surface area contributed by atoms with Gasteiger partial charge in [-0.3, -0.25) is 14.0 Å². The lowest BCUT2D eigenvalue weighted by Gasteiger charge is -2.24. The molecule has 0 saturated heterocycles.